The van der Waals surface area contributed by atoms with Crippen molar-refractivity contribution in [2.45, 2.75) is 44.2 Å². The monoisotopic (exact) mass is 237 g/mol. The molecule has 1 aliphatic carbocycles. The first kappa shape index (κ1) is 12.1. The number of methoxy groups -OCH3 is 1. The predicted octanol–water partition coefficient (Wildman–Crippen LogP) is 1.59. The zero-order valence-electron chi connectivity index (χ0n) is 10.1. The van der Waals surface area contributed by atoms with Gasteiger partial charge in [-0.15, -0.1) is 0 Å². The maximum atomic E-state index is 9.97. The van der Waals surface area contributed by atoms with E-state index >= 15 is 0 Å². The molecule has 5 heteroatoms. The van der Waals surface area contributed by atoms with E-state index in [1.54, 1.807) is 19.5 Å². The molecule has 94 valence electrons. The molecule has 2 atom stereocenters. The molecule has 2 unspecified atom stereocenters. The summed E-state index contributed by atoms with van der Waals surface area (Å²) in [5.41, 5.74) is 0. The number of hydrogen-bond donors (Lipinski definition) is 2. The molecular formula is C12H19N3O2. The van der Waals surface area contributed by atoms with Crippen molar-refractivity contribution < 1.29 is 9.84 Å². The lowest BCUT2D eigenvalue weighted by molar-refractivity contribution is 0.144. The first-order chi connectivity index (χ1) is 8.29. The maximum absolute atomic E-state index is 9.97. The topological polar surface area (TPSA) is 67.3 Å². The fourth-order valence-corrected chi connectivity index (χ4v) is 2.12. The Labute approximate surface area is 101 Å². The number of anilines is 1. The lowest BCUT2D eigenvalue weighted by Gasteiger charge is -2.21. The highest BCUT2D eigenvalue weighted by Gasteiger charge is 2.21. The molecule has 1 aromatic heterocycles. The van der Waals surface area contributed by atoms with Crippen LogP contribution in [0.1, 0.15) is 32.1 Å². The van der Waals surface area contributed by atoms with Gasteiger partial charge in [0.1, 0.15) is 0 Å². The van der Waals surface area contributed by atoms with E-state index in [2.05, 4.69) is 15.3 Å². The zero-order chi connectivity index (χ0) is 12.1. The van der Waals surface area contributed by atoms with Gasteiger partial charge in [-0.05, 0) is 12.8 Å². The molecule has 0 aromatic carbocycles. The summed E-state index contributed by atoms with van der Waals surface area (Å²) >= 11 is 0. The molecule has 0 aliphatic heterocycles. The van der Waals surface area contributed by atoms with Gasteiger partial charge in [0, 0.05) is 0 Å². The standard InChI is InChI=1S/C12H19N3O2/c1-17-9-7-13-12(14-8-9)15-10-5-3-2-4-6-11(10)16/h7-8,10-11,16H,2-6H2,1H3,(H,13,14,15). The van der Waals surface area contributed by atoms with E-state index in [0.29, 0.717) is 11.7 Å². The molecule has 0 amide bonds. The van der Waals surface area contributed by atoms with Crippen LogP contribution in [0.15, 0.2) is 12.4 Å². The van der Waals surface area contributed by atoms with Crippen molar-refractivity contribution in [3.63, 3.8) is 0 Å². The van der Waals surface area contributed by atoms with Gasteiger partial charge in [0.05, 0.1) is 31.6 Å². The second-order valence-corrected chi connectivity index (χ2v) is 4.40. The number of aromatic nitrogens is 2. The number of nitrogens with zero attached hydrogens (tertiary/aromatic N) is 2. The van der Waals surface area contributed by atoms with Crippen LogP contribution in [0.3, 0.4) is 0 Å². The Balaban J connectivity index is 1.98. The van der Waals surface area contributed by atoms with Crippen LogP contribution >= 0.6 is 0 Å². The SMILES string of the molecule is COc1cnc(NC2CCCCCC2O)nc1. The van der Waals surface area contributed by atoms with Crippen LogP contribution in [0, 0.1) is 0 Å². The van der Waals surface area contributed by atoms with E-state index in [1.165, 1.54) is 6.42 Å². The van der Waals surface area contributed by atoms with Crippen molar-refractivity contribution in [2.75, 3.05) is 12.4 Å². The maximum Gasteiger partial charge on any atom is 0.223 e. The van der Waals surface area contributed by atoms with Gasteiger partial charge in [-0.1, -0.05) is 19.3 Å². The molecule has 1 heterocycles. The molecule has 5 nitrogen and oxygen atoms in total. The molecule has 0 bridgehead atoms. The van der Waals surface area contributed by atoms with Crippen LogP contribution in [0.5, 0.6) is 5.75 Å². The van der Waals surface area contributed by atoms with Crippen molar-refractivity contribution in [1.29, 1.82) is 0 Å². The molecule has 1 saturated carbocycles. The van der Waals surface area contributed by atoms with Crippen LogP contribution < -0.4 is 10.1 Å². The Kier molecular flexibility index (Phi) is 4.14. The van der Waals surface area contributed by atoms with E-state index in [9.17, 15) is 5.11 Å². The van der Waals surface area contributed by atoms with Gasteiger partial charge in [0.2, 0.25) is 5.95 Å². The highest BCUT2D eigenvalue weighted by Crippen LogP contribution is 2.20. The van der Waals surface area contributed by atoms with Crippen LogP contribution in [-0.4, -0.2) is 34.3 Å². The lowest BCUT2D eigenvalue weighted by Crippen LogP contribution is -2.33. The van der Waals surface area contributed by atoms with E-state index in [0.717, 1.165) is 25.7 Å². The summed E-state index contributed by atoms with van der Waals surface area (Å²) in [6.07, 6.45) is 8.20. The summed E-state index contributed by atoms with van der Waals surface area (Å²) in [7, 11) is 1.58. The van der Waals surface area contributed by atoms with Crippen LogP contribution in [0.25, 0.3) is 0 Å². The van der Waals surface area contributed by atoms with Crippen LogP contribution in [-0.2, 0) is 0 Å². The van der Waals surface area contributed by atoms with Gasteiger partial charge in [0.15, 0.2) is 5.75 Å². The molecular weight excluding hydrogens is 218 g/mol. The molecule has 2 N–H and O–H groups in total. The average Bonchev–Trinajstić information content (AvgIpc) is 2.56. The second-order valence-electron chi connectivity index (χ2n) is 4.40. The molecule has 1 fully saturated rings. The number of rotatable bonds is 3. The Morgan fingerprint density at radius 2 is 1.94 bits per heavy atom. The minimum Gasteiger partial charge on any atom is -0.494 e. The minimum atomic E-state index is -0.303. The van der Waals surface area contributed by atoms with Gasteiger partial charge in [-0.3, -0.25) is 0 Å². The second kappa shape index (κ2) is 5.82. The summed E-state index contributed by atoms with van der Waals surface area (Å²) < 4.78 is 5.00. The van der Waals surface area contributed by atoms with Gasteiger partial charge in [0.25, 0.3) is 0 Å². The van der Waals surface area contributed by atoms with E-state index in [4.69, 9.17) is 4.74 Å². The molecule has 0 radical (unpaired) electrons. The molecule has 1 aromatic rings. The third kappa shape index (κ3) is 3.30. The van der Waals surface area contributed by atoms with Crippen molar-refractivity contribution in [3.05, 3.63) is 12.4 Å². The third-order valence-electron chi connectivity index (χ3n) is 3.16. The summed E-state index contributed by atoms with van der Waals surface area (Å²) in [6, 6.07) is 0.0610. The smallest absolute Gasteiger partial charge is 0.223 e. The predicted molar refractivity (Wildman–Crippen MR) is 65.1 cm³/mol. The van der Waals surface area contributed by atoms with Crippen LogP contribution in [0.2, 0.25) is 0 Å². The first-order valence-electron chi connectivity index (χ1n) is 6.10. The molecule has 0 saturated heterocycles. The van der Waals surface area contributed by atoms with Crippen LogP contribution in [0.4, 0.5) is 5.95 Å². The number of aliphatic hydroxyl groups excluding tert-OH is 1. The van der Waals surface area contributed by atoms with E-state index in [1.807, 2.05) is 0 Å². The zero-order valence-corrected chi connectivity index (χ0v) is 10.1. The van der Waals surface area contributed by atoms with Gasteiger partial charge in [-0.2, -0.15) is 0 Å². The summed E-state index contributed by atoms with van der Waals surface area (Å²) in [5, 5.41) is 13.2. The van der Waals surface area contributed by atoms with Gasteiger partial charge < -0.3 is 15.2 Å². The Morgan fingerprint density at radius 1 is 1.24 bits per heavy atom. The normalized spacial score (nSPS) is 25.1. The Hall–Kier alpha value is -1.36. The van der Waals surface area contributed by atoms with Crippen molar-refractivity contribution in [1.82, 2.24) is 9.97 Å². The quantitative estimate of drug-likeness (QED) is 0.781. The molecule has 0 spiro atoms. The summed E-state index contributed by atoms with van der Waals surface area (Å²) in [6.45, 7) is 0. The summed E-state index contributed by atoms with van der Waals surface area (Å²) in [5.74, 6) is 1.19. The molecule has 1 aliphatic rings. The largest absolute Gasteiger partial charge is 0.494 e. The highest BCUT2D eigenvalue weighted by molar-refractivity contribution is 5.28. The fourth-order valence-electron chi connectivity index (χ4n) is 2.12. The van der Waals surface area contributed by atoms with Gasteiger partial charge in [-0.25, -0.2) is 9.97 Å². The Morgan fingerprint density at radius 3 is 2.65 bits per heavy atom. The van der Waals surface area contributed by atoms with E-state index < -0.39 is 0 Å². The Bertz CT molecular complexity index is 342. The molecule has 2 rings (SSSR count). The highest BCUT2D eigenvalue weighted by atomic mass is 16.5. The number of aliphatic hydroxyl groups is 1. The minimum absolute atomic E-state index is 0.0610. The average molecular weight is 237 g/mol. The molecule has 17 heavy (non-hydrogen) atoms. The summed E-state index contributed by atoms with van der Waals surface area (Å²) in [4.78, 5) is 8.30. The van der Waals surface area contributed by atoms with Crippen molar-refractivity contribution in [2.24, 2.45) is 0 Å². The van der Waals surface area contributed by atoms with E-state index in [-0.39, 0.29) is 12.1 Å². The van der Waals surface area contributed by atoms with Crippen molar-refractivity contribution in [3.8, 4) is 5.75 Å². The lowest BCUT2D eigenvalue weighted by atomic mass is 10.1. The fraction of sp³-hybridized carbons (Fsp3) is 0.667. The van der Waals surface area contributed by atoms with Crippen molar-refractivity contribution >= 4 is 5.95 Å². The first-order valence-corrected chi connectivity index (χ1v) is 6.10. The number of ether oxygens (including phenoxy) is 1. The number of nitrogens with one attached hydrogen (secondary N) is 1. The third-order valence-corrected chi connectivity index (χ3v) is 3.16. The number of hydrogen-bond acceptors (Lipinski definition) is 5. The van der Waals surface area contributed by atoms with Gasteiger partial charge >= 0.3 is 0 Å².